The van der Waals surface area contributed by atoms with Crippen LogP contribution in [0.2, 0.25) is 5.02 Å². The lowest BCUT2D eigenvalue weighted by Crippen LogP contribution is -2.29. The van der Waals surface area contributed by atoms with Crippen LogP contribution in [0, 0.1) is 13.8 Å². The fourth-order valence-electron chi connectivity index (χ4n) is 3.36. The number of hydrogen-bond donors (Lipinski definition) is 1. The Kier molecular flexibility index (Phi) is 4.72. The molecule has 29 heavy (non-hydrogen) atoms. The van der Waals surface area contributed by atoms with Gasteiger partial charge in [0.15, 0.2) is 5.82 Å². The third-order valence-electron chi connectivity index (χ3n) is 4.82. The van der Waals surface area contributed by atoms with Crippen molar-refractivity contribution in [2.24, 2.45) is 0 Å². The first-order chi connectivity index (χ1) is 13.9. The smallest absolute Gasteiger partial charge is 0.301 e. The molecule has 0 aliphatic carbocycles. The topological polar surface area (TPSA) is 83.6 Å². The summed E-state index contributed by atoms with van der Waals surface area (Å²) in [6.45, 7) is 3.64. The van der Waals surface area contributed by atoms with Gasteiger partial charge in [0, 0.05) is 16.7 Å². The predicted molar refractivity (Wildman–Crippen MR) is 109 cm³/mol. The molecule has 2 heterocycles. The van der Waals surface area contributed by atoms with E-state index < -0.39 is 17.7 Å². The van der Waals surface area contributed by atoms with E-state index in [9.17, 15) is 14.7 Å². The van der Waals surface area contributed by atoms with Crippen LogP contribution in [-0.4, -0.2) is 22.0 Å². The second kappa shape index (κ2) is 7.22. The van der Waals surface area contributed by atoms with Crippen molar-refractivity contribution < 1.29 is 19.2 Å². The molecule has 1 N–H and O–H groups in total. The number of halogens is 1. The highest BCUT2D eigenvalue weighted by Crippen LogP contribution is 2.41. The van der Waals surface area contributed by atoms with Crippen molar-refractivity contribution in [1.29, 1.82) is 0 Å². The predicted octanol–water partition coefficient (Wildman–Crippen LogP) is 4.57. The van der Waals surface area contributed by atoms with Crippen molar-refractivity contribution in [2.75, 3.05) is 4.90 Å². The highest BCUT2D eigenvalue weighted by molar-refractivity contribution is 6.51. The molecular formula is C22H17ClN2O4. The van der Waals surface area contributed by atoms with E-state index >= 15 is 0 Å². The van der Waals surface area contributed by atoms with E-state index in [4.69, 9.17) is 16.1 Å². The monoisotopic (exact) mass is 408 g/mol. The van der Waals surface area contributed by atoms with Crippen molar-refractivity contribution in [1.82, 2.24) is 5.16 Å². The van der Waals surface area contributed by atoms with Crippen LogP contribution < -0.4 is 4.90 Å². The second-order valence-corrected chi connectivity index (χ2v) is 7.32. The van der Waals surface area contributed by atoms with Crippen LogP contribution in [0.1, 0.15) is 28.5 Å². The lowest BCUT2D eigenvalue weighted by Gasteiger charge is -2.23. The van der Waals surface area contributed by atoms with Gasteiger partial charge in [-0.15, -0.1) is 0 Å². The van der Waals surface area contributed by atoms with Crippen molar-refractivity contribution in [3.05, 3.63) is 87.6 Å². The number of aromatic nitrogens is 1. The quantitative estimate of drug-likeness (QED) is 0.390. The minimum Gasteiger partial charge on any atom is -0.507 e. The fraction of sp³-hybridized carbons (Fsp3) is 0.136. The van der Waals surface area contributed by atoms with Crippen LogP contribution in [0.15, 0.2) is 64.7 Å². The molecule has 4 rings (SSSR count). The molecule has 1 aromatic heterocycles. The molecule has 0 bridgehead atoms. The van der Waals surface area contributed by atoms with Crippen LogP contribution in [0.4, 0.5) is 5.82 Å². The number of benzene rings is 2. The van der Waals surface area contributed by atoms with Gasteiger partial charge in [0.25, 0.3) is 5.78 Å². The zero-order chi connectivity index (χ0) is 20.7. The summed E-state index contributed by atoms with van der Waals surface area (Å²) < 4.78 is 5.11. The molecule has 1 fully saturated rings. The first kappa shape index (κ1) is 19.0. The van der Waals surface area contributed by atoms with Crippen LogP contribution >= 0.6 is 11.6 Å². The lowest BCUT2D eigenvalue weighted by molar-refractivity contribution is -0.132. The number of nitrogens with zero attached hydrogens (tertiary/aromatic N) is 2. The van der Waals surface area contributed by atoms with E-state index in [0.717, 1.165) is 5.56 Å². The Morgan fingerprint density at radius 2 is 1.72 bits per heavy atom. The zero-order valence-electron chi connectivity index (χ0n) is 15.7. The molecule has 1 aliphatic rings. The Morgan fingerprint density at radius 1 is 1.07 bits per heavy atom. The molecule has 0 unspecified atom stereocenters. The number of anilines is 1. The number of hydrogen-bond acceptors (Lipinski definition) is 5. The Bertz CT molecular complexity index is 1130. The van der Waals surface area contributed by atoms with Gasteiger partial charge >= 0.3 is 5.91 Å². The average Bonchev–Trinajstić information content (AvgIpc) is 3.24. The molecule has 0 saturated carbocycles. The van der Waals surface area contributed by atoms with E-state index in [-0.39, 0.29) is 17.2 Å². The third-order valence-corrected chi connectivity index (χ3v) is 5.07. The molecule has 0 spiro atoms. The Hall–Kier alpha value is -3.38. The molecular weight excluding hydrogens is 392 g/mol. The van der Waals surface area contributed by atoms with Gasteiger partial charge in [0.2, 0.25) is 0 Å². The zero-order valence-corrected chi connectivity index (χ0v) is 16.5. The summed E-state index contributed by atoms with van der Waals surface area (Å²) in [5.74, 6) is -1.12. The number of carbonyl (C=O) groups is 2. The van der Waals surface area contributed by atoms with Crippen LogP contribution in [0.3, 0.4) is 0 Å². The number of aryl methyl sites for hydroxylation is 2. The van der Waals surface area contributed by atoms with E-state index in [2.05, 4.69) is 5.16 Å². The van der Waals surface area contributed by atoms with Crippen LogP contribution in [0.5, 0.6) is 0 Å². The van der Waals surface area contributed by atoms with Gasteiger partial charge in [-0.25, -0.2) is 0 Å². The van der Waals surface area contributed by atoms with Gasteiger partial charge < -0.3 is 9.63 Å². The maximum absolute atomic E-state index is 12.9. The molecule has 3 aromatic rings. The molecule has 146 valence electrons. The summed E-state index contributed by atoms with van der Waals surface area (Å²) in [5, 5.41) is 15.4. The van der Waals surface area contributed by atoms with Gasteiger partial charge in [-0.2, -0.15) is 0 Å². The number of carbonyl (C=O) groups excluding carboxylic acids is 2. The van der Waals surface area contributed by atoms with Crippen molar-refractivity contribution in [2.45, 2.75) is 19.9 Å². The average molecular weight is 409 g/mol. The molecule has 1 amide bonds. The molecule has 1 atom stereocenters. The molecule has 2 aromatic carbocycles. The van der Waals surface area contributed by atoms with E-state index in [1.807, 2.05) is 31.2 Å². The summed E-state index contributed by atoms with van der Waals surface area (Å²) >= 11 is 5.93. The highest BCUT2D eigenvalue weighted by atomic mass is 35.5. The Morgan fingerprint density at radius 3 is 2.31 bits per heavy atom. The number of amides is 1. The van der Waals surface area contributed by atoms with Crippen LogP contribution in [-0.2, 0) is 9.59 Å². The van der Waals surface area contributed by atoms with Gasteiger partial charge in [-0.05, 0) is 43.7 Å². The molecule has 6 nitrogen and oxygen atoms in total. The maximum Gasteiger partial charge on any atom is 0.301 e. The standard InChI is InChI=1S/C22H17ClN2O4/c1-12-3-5-14(6-4-12)19-18(20(26)15-7-9-16(23)10-8-15)21(27)22(28)25(19)17-11-13(2)29-24-17/h3-11,19,26H,1-2H3/b20-18+/t19-/m1/s1. The van der Waals surface area contributed by atoms with Crippen molar-refractivity contribution in [3.8, 4) is 0 Å². The van der Waals surface area contributed by atoms with Crippen molar-refractivity contribution >= 4 is 34.9 Å². The first-order valence-corrected chi connectivity index (χ1v) is 9.31. The Labute approximate surface area is 172 Å². The first-order valence-electron chi connectivity index (χ1n) is 8.93. The largest absolute Gasteiger partial charge is 0.507 e. The Balaban J connectivity index is 1.93. The summed E-state index contributed by atoms with van der Waals surface area (Å²) in [7, 11) is 0. The maximum atomic E-state index is 12.9. The SMILES string of the molecule is Cc1ccc([C@@H]2/C(=C(\O)c3ccc(Cl)cc3)C(=O)C(=O)N2c2cc(C)on2)cc1. The summed E-state index contributed by atoms with van der Waals surface area (Å²) in [6, 6.07) is 14.5. The van der Waals surface area contributed by atoms with E-state index in [1.165, 1.54) is 4.90 Å². The second-order valence-electron chi connectivity index (χ2n) is 6.88. The minimum absolute atomic E-state index is 0.0122. The minimum atomic E-state index is -0.837. The summed E-state index contributed by atoms with van der Waals surface area (Å²) in [4.78, 5) is 27.1. The van der Waals surface area contributed by atoms with Gasteiger partial charge in [-0.1, -0.05) is 46.6 Å². The summed E-state index contributed by atoms with van der Waals surface area (Å²) in [5.41, 5.74) is 2.08. The normalized spacial score (nSPS) is 18.4. The summed E-state index contributed by atoms with van der Waals surface area (Å²) in [6.07, 6.45) is 0. The van der Waals surface area contributed by atoms with Gasteiger partial charge in [0.05, 0.1) is 11.6 Å². The van der Waals surface area contributed by atoms with E-state index in [0.29, 0.717) is 21.9 Å². The van der Waals surface area contributed by atoms with E-state index in [1.54, 1.807) is 37.3 Å². The lowest BCUT2D eigenvalue weighted by atomic mass is 9.95. The number of aliphatic hydroxyl groups is 1. The number of aliphatic hydroxyl groups excluding tert-OH is 1. The number of rotatable bonds is 3. The molecule has 7 heteroatoms. The molecule has 1 aliphatic heterocycles. The molecule has 0 radical (unpaired) electrons. The van der Waals surface area contributed by atoms with Gasteiger partial charge in [0.1, 0.15) is 11.5 Å². The van der Waals surface area contributed by atoms with Gasteiger partial charge in [-0.3, -0.25) is 14.5 Å². The number of Topliss-reactive ketones (excluding diaryl/α,β-unsaturated/α-hetero) is 1. The number of ketones is 1. The fourth-order valence-corrected chi connectivity index (χ4v) is 3.49. The third kappa shape index (κ3) is 3.32. The van der Waals surface area contributed by atoms with Crippen LogP contribution in [0.25, 0.3) is 5.76 Å². The van der Waals surface area contributed by atoms with Crippen molar-refractivity contribution in [3.63, 3.8) is 0 Å². The molecule has 1 saturated heterocycles. The highest BCUT2D eigenvalue weighted by Gasteiger charge is 2.48.